The van der Waals surface area contributed by atoms with Crippen molar-refractivity contribution in [2.75, 3.05) is 39.4 Å². The third kappa shape index (κ3) is 8.10. The van der Waals surface area contributed by atoms with Crippen molar-refractivity contribution in [1.29, 1.82) is 0 Å². The van der Waals surface area contributed by atoms with E-state index in [1.54, 1.807) is 0 Å². The van der Waals surface area contributed by atoms with Crippen LogP contribution in [0.1, 0.15) is 67.6 Å². The highest BCUT2D eigenvalue weighted by Crippen LogP contribution is 2.39. The molecule has 1 saturated heterocycles. The number of aromatic nitrogens is 1. The number of pyridine rings is 1. The number of hydrogen-bond donors (Lipinski definition) is 0. The standard InChI is InChI=1S/C35H45N3O3/c1-28(2)26-41-32-15-13-30(14-16-32)34(39)38-21-18-35(19-22-38)17-7-5-10-29-9-3-4-12-33(29)40-24-23-37(27-35)25-31-11-6-8-20-36-31/h3-4,6,8-9,11-16,20,28H,5,7,10,17-19,21-27H2,1-2H3. The van der Waals surface area contributed by atoms with Crippen LogP contribution in [0.4, 0.5) is 0 Å². The van der Waals surface area contributed by atoms with Crippen molar-refractivity contribution in [3.63, 3.8) is 0 Å². The molecule has 5 rings (SSSR count). The fraction of sp³-hybridized carbons (Fsp3) is 0.486. The molecule has 1 aromatic heterocycles. The molecule has 1 spiro atoms. The zero-order chi connectivity index (χ0) is 28.5. The van der Waals surface area contributed by atoms with Crippen molar-refractivity contribution < 1.29 is 14.3 Å². The second-order valence-electron chi connectivity index (χ2n) is 12.2. The van der Waals surface area contributed by atoms with Crippen molar-refractivity contribution in [1.82, 2.24) is 14.8 Å². The van der Waals surface area contributed by atoms with Gasteiger partial charge in [-0.25, -0.2) is 0 Å². The van der Waals surface area contributed by atoms with Crippen LogP contribution in [0.15, 0.2) is 72.9 Å². The average molecular weight is 556 g/mol. The molecular formula is C35H45N3O3. The van der Waals surface area contributed by atoms with E-state index in [1.807, 2.05) is 41.4 Å². The summed E-state index contributed by atoms with van der Waals surface area (Å²) in [5.41, 5.74) is 3.31. The minimum atomic E-state index is 0.124. The van der Waals surface area contributed by atoms with Crippen LogP contribution in [0.5, 0.6) is 11.5 Å². The maximum Gasteiger partial charge on any atom is 0.253 e. The van der Waals surface area contributed by atoms with E-state index < -0.39 is 0 Å². The molecule has 3 aromatic rings. The zero-order valence-corrected chi connectivity index (χ0v) is 24.8. The Bertz CT molecular complexity index is 1240. The van der Waals surface area contributed by atoms with Crippen LogP contribution in [0.2, 0.25) is 0 Å². The van der Waals surface area contributed by atoms with Gasteiger partial charge in [0.25, 0.3) is 5.91 Å². The topological polar surface area (TPSA) is 54.9 Å². The number of benzene rings is 2. The number of amides is 1. The predicted molar refractivity (Wildman–Crippen MR) is 163 cm³/mol. The van der Waals surface area contributed by atoms with Gasteiger partial charge in [0.2, 0.25) is 0 Å². The summed E-state index contributed by atoms with van der Waals surface area (Å²) in [7, 11) is 0. The van der Waals surface area contributed by atoms with Gasteiger partial charge in [0.15, 0.2) is 0 Å². The molecule has 2 aliphatic heterocycles. The lowest BCUT2D eigenvalue weighted by Gasteiger charge is -2.45. The molecule has 3 heterocycles. The van der Waals surface area contributed by atoms with Crippen LogP contribution in [0, 0.1) is 11.3 Å². The van der Waals surface area contributed by atoms with Crippen molar-refractivity contribution in [3.05, 3.63) is 89.7 Å². The maximum absolute atomic E-state index is 13.4. The summed E-state index contributed by atoms with van der Waals surface area (Å²) in [4.78, 5) is 22.6. The van der Waals surface area contributed by atoms with Crippen LogP contribution in [0.3, 0.4) is 0 Å². The molecule has 1 fully saturated rings. The third-order valence-corrected chi connectivity index (χ3v) is 8.51. The van der Waals surface area contributed by atoms with Crippen molar-refractivity contribution in [2.45, 2.75) is 58.9 Å². The summed E-state index contributed by atoms with van der Waals surface area (Å²) >= 11 is 0. The van der Waals surface area contributed by atoms with E-state index in [2.05, 4.69) is 60.1 Å². The van der Waals surface area contributed by atoms with E-state index in [4.69, 9.17) is 9.47 Å². The molecule has 0 unspecified atom stereocenters. The van der Waals surface area contributed by atoms with Crippen molar-refractivity contribution in [3.8, 4) is 11.5 Å². The van der Waals surface area contributed by atoms with E-state index in [0.29, 0.717) is 19.1 Å². The molecule has 218 valence electrons. The number of nitrogens with zero attached hydrogens (tertiary/aromatic N) is 3. The van der Waals surface area contributed by atoms with Gasteiger partial charge in [-0.2, -0.15) is 0 Å². The Morgan fingerprint density at radius 1 is 0.951 bits per heavy atom. The Morgan fingerprint density at radius 3 is 2.49 bits per heavy atom. The number of piperidine rings is 1. The second kappa shape index (κ2) is 14.0. The number of ether oxygens (including phenoxy) is 2. The van der Waals surface area contributed by atoms with E-state index in [0.717, 1.165) is 81.2 Å². The SMILES string of the molecule is CC(C)COc1ccc(C(=O)N2CCC3(CCCCc4ccccc4OCCN(Cc4ccccn4)C3)CC2)cc1. The highest BCUT2D eigenvalue weighted by molar-refractivity contribution is 5.94. The van der Waals surface area contributed by atoms with Crippen LogP contribution in [-0.2, 0) is 13.0 Å². The molecular weight excluding hydrogens is 510 g/mol. The van der Waals surface area contributed by atoms with E-state index in [1.165, 1.54) is 18.4 Å². The quantitative estimate of drug-likeness (QED) is 0.341. The van der Waals surface area contributed by atoms with Crippen molar-refractivity contribution >= 4 is 5.91 Å². The molecule has 0 saturated carbocycles. The number of aryl methyl sites for hydroxylation is 1. The van der Waals surface area contributed by atoms with Crippen LogP contribution < -0.4 is 9.47 Å². The van der Waals surface area contributed by atoms with Gasteiger partial charge in [-0.1, -0.05) is 44.5 Å². The maximum atomic E-state index is 13.4. The first-order chi connectivity index (χ1) is 20.0. The first-order valence-corrected chi connectivity index (χ1v) is 15.3. The second-order valence-corrected chi connectivity index (χ2v) is 12.2. The number of likely N-dealkylation sites (tertiary alicyclic amines) is 1. The van der Waals surface area contributed by atoms with Gasteiger partial charge < -0.3 is 14.4 Å². The van der Waals surface area contributed by atoms with Gasteiger partial charge in [0.1, 0.15) is 18.1 Å². The van der Waals surface area contributed by atoms with E-state index >= 15 is 0 Å². The van der Waals surface area contributed by atoms with Gasteiger partial charge in [-0.3, -0.25) is 14.7 Å². The summed E-state index contributed by atoms with van der Waals surface area (Å²) in [5.74, 6) is 2.43. The molecule has 41 heavy (non-hydrogen) atoms. The Hall–Kier alpha value is -3.38. The minimum Gasteiger partial charge on any atom is -0.493 e. The summed E-state index contributed by atoms with van der Waals surface area (Å²) in [5, 5.41) is 0. The van der Waals surface area contributed by atoms with Gasteiger partial charge >= 0.3 is 0 Å². The molecule has 0 radical (unpaired) electrons. The van der Waals surface area contributed by atoms with Gasteiger partial charge in [-0.15, -0.1) is 0 Å². The highest BCUT2D eigenvalue weighted by Gasteiger charge is 2.37. The third-order valence-electron chi connectivity index (χ3n) is 8.51. The van der Waals surface area contributed by atoms with E-state index in [9.17, 15) is 4.79 Å². The molecule has 0 bridgehead atoms. The first kappa shape index (κ1) is 29.1. The fourth-order valence-electron chi connectivity index (χ4n) is 6.17. The Kier molecular flexibility index (Phi) is 9.94. The molecule has 0 atom stereocenters. The number of rotatable bonds is 6. The minimum absolute atomic E-state index is 0.124. The first-order valence-electron chi connectivity index (χ1n) is 15.3. The number of para-hydroxylation sites is 1. The largest absolute Gasteiger partial charge is 0.493 e. The molecule has 2 aliphatic rings. The predicted octanol–water partition coefficient (Wildman–Crippen LogP) is 6.65. The van der Waals surface area contributed by atoms with Gasteiger partial charge in [0.05, 0.1) is 12.3 Å². The van der Waals surface area contributed by atoms with Crippen molar-refractivity contribution in [2.24, 2.45) is 11.3 Å². The van der Waals surface area contributed by atoms with Crippen LogP contribution >= 0.6 is 0 Å². The number of carbonyl (C=O) groups excluding carboxylic acids is 1. The van der Waals surface area contributed by atoms with E-state index in [-0.39, 0.29) is 11.3 Å². The Labute approximate surface area is 245 Å². The highest BCUT2D eigenvalue weighted by atomic mass is 16.5. The molecule has 0 N–H and O–H groups in total. The summed E-state index contributed by atoms with van der Waals surface area (Å²) in [6.07, 6.45) is 8.47. The fourth-order valence-corrected chi connectivity index (χ4v) is 6.17. The number of carbonyl (C=O) groups is 1. The lowest BCUT2D eigenvalue weighted by Crippen LogP contribution is -2.48. The smallest absolute Gasteiger partial charge is 0.253 e. The Balaban J connectivity index is 1.27. The summed E-state index contributed by atoms with van der Waals surface area (Å²) in [6.45, 7) is 9.84. The summed E-state index contributed by atoms with van der Waals surface area (Å²) < 4.78 is 12.1. The number of hydrogen-bond acceptors (Lipinski definition) is 5. The van der Waals surface area contributed by atoms with Crippen LogP contribution in [-0.4, -0.2) is 60.1 Å². The number of fused-ring (bicyclic) bond motifs is 1. The Morgan fingerprint density at radius 2 is 1.73 bits per heavy atom. The molecule has 0 aliphatic carbocycles. The summed E-state index contributed by atoms with van der Waals surface area (Å²) in [6, 6.07) is 22.3. The zero-order valence-electron chi connectivity index (χ0n) is 24.8. The van der Waals surface area contributed by atoms with Gasteiger partial charge in [0, 0.05) is 44.5 Å². The molecule has 6 heteroatoms. The molecule has 2 aromatic carbocycles. The molecule has 1 amide bonds. The average Bonchev–Trinajstić information content (AvgIpc) is 2.99. The monoisotopic (exact) mass is 555 g/mol. The van der Waals surface area contributed by atoms with Crippen LogP contribution in [0.25, 0.3) is 0 Å². The lowest BCUT2D eigenvalue weighted by atomic mass is 9.73. The van der Waals surface area contributed by atoms with Gasteiger partial charge in [-0.05, 0) is 91.5 Å². The normalized spacial score (nSPS) is 18.2. The molecule has 6 nitrogen and oxygen atoms in total. The lowest BCUT2D eigenvalue weighted by molar-refractivity contribution is 0.0358.